The summed E-state index contributed by atoms with van der Waals surface area (Å²) in [5, 5.41) is 2.91. The van der Waals surface area contributed by atoms with Gasteiger partial charge in [0.25, 0.3) is 0 Å². The summed E-state index contributed by atoms with van der Waals surface area (Å²) in [7, 11) is 1.14. The molecule has 11 heteroatoms. The lowest BCUT2D eigenvalue weighted by molar-refractivity contribution is -0.144. The van der Waals surface area contributed by atoms with Crippen molar-refractivity contribution in [3.05, 3.63) is 35.4 Å². The minimum absolute atomic E-state index is 0.0287. The van der Waals surface area contributed by atoms with Gasteiger partial charge in [-0.05, 0) is 45.4 Å². The molecule has 1 aromatic rings. The van der Waals surface area contributed by atoms with E-state index in [-0.39, 0.29) is 5.56 Å². The fourth-order valence-electron chi connectivity index (χ4n) is 2.45. The Bertz CT molecular complexity index is 777. The van der Waals surface area contributed by atoms with Crippen molar-refractivity contribution < 1.29 is 37.0 Å². The van der Waals surface area contributed by atoms with Crippen molar-refractivity contribution in [3.8, 4) is 0 Å². The first-order valence-corrected chi connectivity index (χ1v) is 8.97. The summed E-state index contributed by atoms with van der Waals surface area (Å²) in [5.41, 5.74) is -1.92. The van der Waals surface area contributed by atoms with Crippen LogP contribution in [-0.2, 0) is 25.2 Å². The molecular formula is C19H26F3N3O5. The summed E-state index contributed by atoms with van der Waals surface area (Å²) in [4.78, 5) is 36.2. The molecule has 0 aliphatic carbocycles. The number of rotatable bonds is 6. The number of nitrogens with two attached hydrogens (primary N) is 1. The summed E-state index contributed by atoms with van der Waals surface area (Å²) in [6.45, 7) is 6.13. The molecule has 0 radical (unpaired) electrons. The van der Waals surface area contributed by atoms with E-state index in [9.17, 15) is 27.6 Å². The standard InChI is InChI=1S/C19H26F3N3O5/c1-11(16(27)29-5)24-15(26)10-14(25(23)17(28)30-18(2,3)4)12-7-6-8-13(9-12)19(20,21)22/h6-9,11,14H,10,23H2,1-5H3,(H,24,26)/t11-,14?/m0/s1. The number of nitrogens with zero attached hydrogens (tertiary/aromatic N) is 1. The second-order valence-electron chi connectivity index (χ2n) is 7.54. The Morgan fingerprint density at radius 2 is 1.80 bits per heavy atom. The van der Waals surface area contributed by atoms with Crippen LogP contribution in [0.3, 0.4) is 0 Å². The maximum Gasteiger partial charge on any atom is 0.425 e. The van der Waals surface area contributed by atoms with E-state index in [2.05, 4.69) is 10.1 Å². The van der Waals surface area contributed by atoms with Crippen LogP contribution in [0.5, 0.6) is 0 Å². The number of hydrazine groups is 1. The van der Waals surface area contributed by atoms with E-state index in [1.165, 1.54) is 13.0 Å². The summed E-state index contributed by atoms with van der Waals surface area (Å²) < 4.78 is 49.0. The summed E-state index contributed by atoms with van der Waals surface area (Å²) >= 11 is 0. The van der Waals surface area contributed by atoms with Crippen molar-refractivity contribution in [1.29, 1.82) is 0 Å². The zero-order chi connectivity index (χ0) is 23.3. The largest absolute Gasteiger partial charge is 0.467 e. The van der Waals surface area contributed by atoms with Gasteiger partial charge in [0, 0.05) is 0 Å². The third-order valence-corrected chi connectivity index (χ3v) is 3.85. The van der Waals surface area contributed by atoms with Crippen molar-refractivity contribution >= 4 is 18.0 Å². The first-order valence-electron chi connectivity index (χ1n) is 8.97. The molecule has 2 atom stereocenters. The Labute approximate surface area is 172 Å². The third kappa shape index (κ3) is 7.54. The number of halogens is 3. The van der Waals surface area contributed by atoms with Gasteiger partial charge in [0.2, 0.25) is 5.91 Å². The SMILES string of the molecule is COC(=O)[C@H](C)NC(=O)CC(c1cccc(C(F)(F)F)c1)N(N)C(=O)OC(C)(C)C. The van der Waals surface area contributed by atoms with Crippen LogP contribution in [0.15, 0.2) is 24.3 Å². The van der Waals surface area contributed by atoms with Crippen LogP contribution < -0.4 is 11.2 Å². The van der Waals surface area contributed by atoms with Crippen molar-refractivity contribution in [2.24, 2.45) is 5.84 Å². The van der Waals surface area contributed by atoms with Gasteiger partial charge in [0.1, 0.15) is 11.6 Å². The summed E-state index contributed by atoms with van der Waals surface area (Å²) in [5.74, 6) is 4.39. The number of carbonyl (C=O) groups is 3. The molecule has 0 aliphatic heterocycles. The third-order valence-electron chi connectivity index (χ3n) is 3.85. The molecule has 0 spiro atoms. The van der Waals surface area contributed by atoms with Gasteiger partial charge in [-0.15, -0.1) is 0 Å². The zero-order valence-corrected chi connectivity index (χ0v) is 17.4. The number of esters is 1. The molecule has 30 heavy (non-hydrogen) atoms. The highest BCUT2D eigenvalue weighted by molar-refractivity contribution is 5.84. The predicted molar refractivity (Wildman–Crippen MR) is 101 cm³/mol. The van der Waals surface area contributed by atoms with Crippen LogP contribution in [0, 0.1) is 0 Å². The van der Waals surface area contributed by atoms with Crippen LogP contribution in [0.4, 0.5) is 18.0 Å². The summed E-state index contributed by atoms with van der Waals surface area (Å²) in [6.07, 6.45) is -6.18. The molecule has 1 aromatic carbocycles. The minimum Gasteiger partial charge on any atom is -0.467 e. The van der Waals surface area contributed by atoms with Gasteiger partial charge in [-0.3, -0.25) is 4.79 Å². The quantitative estimate of drug-likeness (QED) is 0.309. The van der Waals surface area contributed by atoms with Gasteiger partial charge >= 0.3 is 18.2 Å². The maximum absolute atomic E-state index is 13.1. The van der Waals surface area contributed by atoms with Crippen molar-refractivity contribution in [2.45, 2.75) is 58.0 Å². The van der Waals surface area contributed by atoms with Crippen molar-refractivity contribution in [2.75, 3.05) is 7.11 Å². The lowest BCUT2D eigenvalue weighted by atomic mass is 10.00. The minimum atomic E-state index is -4.63. The smallest absolute Gasteiger partial charge is 0.425 e. The highest BCUT2D eigenvalue weighted by Gasteiger charge is 2.34. The number of methoxy groups -OCH3 is 1. The number of ether oxygens (including phenoxy) is 2. The highest BCUT2D eigenvalue weighted by Crippen LogP contribution is 2.32. The molecule has 0 bridgehead atoms. The zero-order valence-electron chi connectivity index (χ0n) is 17.4. The van der Waals surface area contributed by atoms with E-state index in [0.29, 0.717) is 5.01 Å². The van der Waals surface area contributed by atoms with Gasteiger partial charge in [-0.2, -0.15) is 13.2 Å². The number of hydrogen-bond acceptors (Lipinski definition) is 6. The van der Waals surface area contributed by atoms with Gasteiger partial charge in [0.15, 0.2) is 0 Å². The Hall–Kier alpha value is -2.82. The molecule has 0 saturated heterocycles. The average Bonchev–Trinajstić information content (AvgIpc) is 2.62. The molecular weight excluding hydrogens is 407 g/mol. The molecule has 3 N–H and O–H groups in total. The van der Waals surface area contributed by atoms with E-state index >= 15 is 0 Å². The van der Waals surface area contributed by atoms with Gasteiger partial charge in [0.05, 0.1) is 25.1 Å². The van der Waals surface area contributed by atoms with E-state index < -0.39 is 53.8 Å². The van der Waals surface area contributed by atoms with Gasteiger partial charge in [-0.1, -0.05) is 12.1 Å². The van der Waals surface area contributed by atoms with Crippen molar-refractivity contribution in [1.82, 2.24) is 10.3 Å². The molecule has 2 amide bonds. The average molecular weight is 433 g/mol. The number of hydrogen-bond donors (Lipinski definition) is 2. The second-order valence-corrected chi connectivity index (χ2v) is 7.54. The number of benzene rings is 1. The number of nitrogens with one attached hydrogen (secondary N) is 1. The molecule has 0 fully saturated rings. The number of alkyl halides is 3. The van der Waals surface area contributed by atoms with E-state index in [1.807, 2.05) is 0 Å². The Kier molecular flexibility index (Phi) is 8.23. The van der Waals surface area contributed by atoms with Gasteiger partial charge in [-0.25, -0.2) is 20.4 Å². The molecule has 1 unspecified atom stereocenters. The topological polar surface area (TPSA) is 111 Å². The monoisotopic (exact) mass is 433 g/mol. The Morgan fingerprint density at radius 3 is 2.30 bits per heavy atom. The van der Waals surface area contributed by atoms with Crippen LogP contribution in [0.1, 0.15) is 51.3 Å². The molecule has 168 valence electrons. The molecule has 8 nitrogen and oxygen atoms in total. The maximum atomic E-state index is 13.1. The Morgan fingerprint density at radius 1 is 1.20 bits per heavy atom. The number of carbonyl (C=O) groups excluding carboxylic acids is 3. The van der Waals surface area contributed by atoms with E-state index in [1.54, 1.807) is 20.8 Å². The normalized spacial score (nSPS) is 13.8. The fraction of sp³-hybridized carbons (Fsp3) is 0.526. The fourth-order valence-corrected chi connectivity index (χ4v) is 2.45. The molecule has 1 rings (SSSR count). The predicted octanol–water partition coefficient (Wildman–Crippen LogP) is 2.93. The van der Waals surface area contributed by atoms with Crippen LogP contribution in [0.2, 0.25) is 0 Å². The van der Waals surface area contributed by atoms with E-state index in [0.717, 1.165) is 25.3 Å². The first-order chi connectivity index (χ1) is 13.7. The van der Waals surface area contributed by atoms with E-state index in [4.69, 9.17) is 10.6 Å². The first kappa shape index (κ1) is 25.2. The molecule has 0 heterocycles. The second kappa shape index (κ2) is 9.79. The van der Waals surface area contributed by atoms with Crippen LogP contribution >= 0.6 is 0 Å². The summed E-state index contributed by atoms with van der Waals surface area (Å²) in [6, 6.07) is 1.81. The van der Waals surface area contributed by atoms with Crippen LogP contribution in [-0.4, -0.2) is 41.7 Å². The molecule has 0 aliphatic rings. The van der Waals surface area contributed by atoms with Gasteiger partial charge < -0.3 is 14.8 Å². The van der Waals surface area contributed by atoms with Crippen LogP contribution in [0.25, 0.3) is 0 Å². The lowest BCUT2D eigenvalue weighted by Crippen LogP contribution is -2.46. The highest BCUT2D eigenvalue weighted by atomic mass is 19.4. The molecule has 0 aromatic heterocycles. The Balaban J connectivity index is 3.21. The number of amides is 2. The lowest BCUT2D eigenvalue weighted by Gasteiger charge is -2.30. The van der Waals surface area contributed by atoms with Crippen molar-refractivity contribution in [3.63, 3.8) is 0 Å². The molecule has 0 saturated carbocycles.